The zero-order valence-electron chi connectivity index (χ0n) is 43.5. The third kappa shape index (κ3) is 10.1. The molecule has 0 unspecified atom stereocenters. The van der Waals surface area contributed by atoms with Crippen LogP contribution in [0.3, 0.4) is 0 Å². The summed E-state index contributed by atoms with van der Waals surface area (Å²) in [4.78, 5) is 0. The summed E-state index contributed by atoms with van der Waals surface area (Å²) in [5.74, 6) is 7.55. The molecule has 6 heterocycles. The molecule has 0 amide bonds. The number of hydrogen-bond acceptors (Lipinski definition) is 6. The van der Waals surface area contributed by atoms with Crippen molar-refractivity contribution in [3.05, 3.63) is 255 Å². The Kier molecular flexibility index (Phi) is 14.2. The van der Waals surface area contributed by atoms with E-state index in [4.69, 9.17) is 26.5 Å². The molecule has 0 aliphatic heterocycles. The Morgan fingerprint density at radius 1 is 0.179 bits per heavy atom. The molecule has 0 N–H and O–H groups in total. The van der Waals surface area contributed by atoms with E-state index in [-0.39, 0.29) is 0 Å². The fourth-order valence-electron chi connectivity index (χ4n) is 10.1. The van der Waals surface area contributed by atoms with Crippen LogP contribution in [-0.2, 0) is 0 Å². The van der Waals surface area contributed by atoms with E-state index in [0.29, 0.717) is 103 Å². The topological polar surface area (TPSA) is 78.8 Å². The molecule has 7 aromatic carbocycles. The van der Waals surface area contributed by atoms with Gasteiger partial charge in [0.25, 0.3) is 0 Å². The van der Waals surface area contributed by atoms with E-state index in [9.17, 15) is 0 Å². The van der Waals surface area contributed by atoms with Gasteiger partial charge in [0, 0.05) is 66.8 Å². The molecule has 13 rings (SSSR count). The highest BCUT2D eigenvalue weighted by Crippen LogP contribution is 2.58. The Bertz CT molecular complexity index is 3320. The summed E-state index contributed by atoms with van der Waals surface area (Å²) < 4.78 is 42.8. The molecule has 0 radical (unpaired) electrons. The third-order valence-corrected chi connectivity index (χ3v) is 13.9. The number of benzene rings is 7. The lowest BCUT2D eigenvalue weighted by atomic mass is 9.81. The van der Waals surface area contributed by atoms with Crippen LogP contribution in [0.4, 0.5) is 0 Å². The second-order valence-electron chi connectivity index (χ2n) is 19.1. The van der Waals surface area contributed by atoms with Crippen LogP contribution in [0.25, 0.3) is 136 Å². The quantitative estimate of drug-likeness (QED) is 0.0952. The Balaban J connectivity index is 0.000000963. The molecule has 6 nitrogen and oxygen atoms in total. The van der Waals surface area contributed by atoms with Crippen molar-refractivity contribution in [2.45, 2.75) is 39.5 Å². The first-order valence-corrected chi connectivity index (χ1v) is 26.8. The van der Waals surface area contributed by atoms with Crippen LogP contribution in [0.1, 0.15) is 39.5 Å². The minimum atomic E-state index is 0.567. The van der Waals surface area contributed by atoms with Crippen LogP contribution >= 0.6 is 0 Å². The maximum absolute atomic E-state index is 7.13. The Hall–Kier alpha value is -9.78. The van der Waals surface area contributed by atoms with Gasteiger partial charge in [0.2, 0.25) is 0 Å². The number of hydrogen-bond donors (Lipinski definition) is 0. The minimum Gasteiger partial charge on any atom is -0.456 e. The van der Waals surface area contributed by atoms with Crippen LogP contribution < -0.4 is 0 Å². The van der Waals surface area contributed by atoms with Crippen molar-refractivity contribution < 1.29 is 26.5 Å². The zero-order chi connectivity index (χ0) is 52.6. The predicted octanol–water partition coefficient (Wildman–Crippen LogP) is 21.8. The normalized spacial score (nSPS) is 11.2. The second kappa shape index (κ2) is 22.6. The Morgan fingerprint density at radius 2 is 0.321 bits per heavy atom. The number of rotatable bonds is 15. The van der Waals surface area contributed by atoms with Gasteiger partial charge in [0.15, 0.2) is 0 Å². The maximum Gasteiger partial charge on any atom is 0.136 e. The van der Waals surface area contributed by atoms with Gasteiger partial charge in [0.1, 0.15) is 69.1 Å². The van der Waals surface area contributed by atoms with E-state index in [0.717, 1.165) is 33.4 Å². The summed E-state index contributed by atoms with van der Waals surface area (Å²) in [5, 5.41) is 0. The SMILES string of the molecule is CCCCCC.c1ccc(-c2ccc(-c3c(-c4ccc(-c5ccccc5)o4)c(-c4ccc(-c5ccccc5)o4)c(-c4ccc(-c5ccccc5)o4)c(-c4ccc(-c5ccccc5)o4)c3-c3ccc(-c4ccccc4)o3)o2)cc1. The van der Waals surface area contributed by atoms with Crippen molar-refractivity contribution in [3.8, 4) is 136 Å². The summed E-state index contributed by atoms with van der Waals surface area (Å²) in [6, 6.07) is 84.9. The molecule has 0 fully saturated rings. The zero-order valence-corrected chi connectivity index (χ0v) is 43.5. The van der Waals surface area contributed by atoms with Crippen LogP contribution in [0.5, 0.6) is 0 Å². The van der Waals surface area contributed by atoms with Gasteiger partial charge in [-0.25, -0.2) is 0 Å². The highest BCUT2D eigenvalue weighted by atomic mass is 16.4. The smallest absolute Gasteiger partial charge is 0.136 e. The van der Waals surface area contributed by atoms with Gasteiger partial charge in [0.05, 0.1) is 0 Å². The van der Waals surface area contributed by atoms with E-state index in [1.54, 1.807) is 0 Å². The van der Waals surface area contributed by atoms with E-state index in [1.165, 1.54) is 25.7 Å². The molecule has 6 heteroatoms. The van der Waals surface area contributed by atoms with Crippen molar-refractivity contribution in [1.29, 1.82) is 0 Å². The van der Waals surface area contributed by atoms with Gasteiger partial charge in [-0.3, -0.25) is 0 Å². The summed E-state index contributed by atoms with van der Waals surface area (Å²) in [7, 11) is 0. The lowest BCUT2D eigenvalue weighted by molar-refractivity contribution is 0.579. The van der Waals surface area contributed by atoms with E-state index < -0.39 is 0 Å². The summed E-state index contributed by atoms with van der Waals surface area (Å²) in [6.07, 6.45) is 5.54. The third-order valence-electron chi connectivity index (χ3n) is 13.9. The Labute approximate surface area is 454 Å². The molecule has 0 atom stereocenters. The fourth-order valence-corrected chi connectivity index (χ4v) is 10.1. The fraction of sp³-hybridized carbons (Fsp3) is 0.0833. The first-order valence-electron chi connectivity index (χ1n) is 26.8. The van der Waals surface area contributed by atoms with Crippen molar-refractivity contribution in [3.63, 3.8) is 0 Å². The molecule has 0 saturated carbocycles. The standard InChI is InChI=1S/C66H42O6.C6H14/c1-7-19-43(20-8-1)49-31-37-55(67-49)61-62(56-38-32-50(68-56)44-21-9-2-10-22-44)64(58-40-34-52(70-58)46-25-13-4-14-26-46)66(60-42-36-54(72-60)48-29-17-6-18-30-48)65(59-41-35-53(71-59)47-27-15-5-16-28-47)63(61)57-39-33-51(69-57)45-23-11-3-12-24-45;1-3-5-6-4-2/h1-42H;3-6H2,1-2H3. The monoisotopic (exact) mass is 1020 g/mol. The highest BCUT2D eigenvalue weighted by Gasteiger charge is 2.36. The first kappa shape index (κ1) is 49.1. The molecule has 0 bridgehead atoms. The minimum absolute atomic E-state index is 0.567. The summed E-state index contributed by atoms with van der Waals surface area (Å²) >= 11 is 0. The lowest BCUT2D eigenvalue weighted by Crippen LogP contribution is -2.00. The molecular formula is C72H56O6. The van der Waals surface area contributed by atoms with Crippen molar-refractivity contribution >= 4 is 0 Å². The highest BCUT2D eigenvalue weighted by molar-refractivity contribution is 6.12. The van der Waals surface area contributed by atoms with Crippen LogP contribution in [0.2, 0.25) is 0 Å². The van der Waals surface area contributed by atoms with Gasteiger partial charge in [-0.15, -0.1) is 0 Å². The molecule has 0 aliphatic rings. The van der Waals surface area contributed by atoms with Gasteiger partial charge in [-0.1, -0.05) is 222 Å². The van der Waals surface area contributed by atoms with E-state index in [1.807, 2.05) is 255 Å². The molecule has 78 heavy (non-hydrogen) atoms. The van der Waals surface area contributed by atoms with E-state index in [2.05, 4.69) is 13.8 Å². The van der Waals surface area contributed by atoms with Crippen LogP contribution in [0, 0.1) is 0 Å². The van der Waals surface area contributed by atoms with Crippen molar-refractivity contribution in [1.82, 2.24) is 0 Å². The van der Waals surface area contributed by atoms with Crippen LogP contribution in [0.15, 0.2) is 281 Å². The average Bonchev–Trinajstić information content (AvgIpc) is 4.53. The number of furan rings is 6. The van der Waals surface area contributed by atoms with Crippen LogP contribution in [-0.4, -0.2) is 0 Å². The molecule has 6 aromatic heterocycles. The largest absolute Gasteiger partial charge is 0.456 e. The summed E-state index contributed by atoms with van der Waals surface area (Å²) in [6.45, 7) is 4.46. The van der Waals surface area contributed by atoms with Crippen molar-refractivity contribution in [2.24, 2.45) is 0 Å². The predicted molar refractivity (Wildman–Crippen MR) is 315 cm³/mol. The molecule has 0 aliphatic carbocycles. The molecular weight excluding hydrogens is 961 g/mol. The van der Waals surface area contributed by atoms with Gasteiger partial charge in [-0.2, -0.15) is 0 Å². The van der Waals surface area contributed by atoms with Gasteiger partial charge >= 0.3 is 0 Å². The maximum atomic E-state index is 7.13. The molecule has 13 aromatic rings. The Morgan fingerprint density at radius 3 is 0.462 bits per heavy atom. The van der Waals surface area contributed by atoms with Crippen molar-refractivity contribution in [2.75, 3.05) is 0 Å². The lowest BCUT2D eigenvalue weighted by Gasteiger charge is -2.23. The second-order valence-corrected chi connectivity index (χ2v) is 19.1. The van der Waals surface area contributed by atoms with E-state index >= 15 is 0 Å². The van der Waals surface area contributed by atoms with Gasteiger partial charge in [-0.05, 0) is 72.8 Å². The molecule has 380 valence electrons. The number of unbranched alkanes of at least 4 members (excludes halogenated alkanes) is 3. The van der Waals surface area contributed by atoms with Gasteiger partial charge < -0.3 is 26.5 Å². The average molecular weight is 1020 g/mol. The summed E-state index contributed by atoms with van der Waals surface area (Å²) in [5.41, 5.74) is 9.74. The molecule has 0 saturated heterocycles. The first-order chi connectivity index (χ1) is 38.6. The molecule has 0 spiro atoms.